The Balaban J connectivity index is 1.60. The standard InChI is InChI=1S/C22H24N4O4/c1-14-15(2)25-26(21(28)17(14)12-23)13-20(27)24-22(7-3-4-8-22)16-5-6-18-19(11-16)30-10-9-29-18/h5-6,11H,3-4,7-10,13H2,1-2H3,(H,24,27). The van der Waals surface area contributed by atoms with Crippen molar-refractivity contribution in [2.45, 2.75) is 51.6 Å². The fraction of sp³-hybridized carbons (Fsp3) is 0.455. The number of amides is 1. The lowest BCUT2D eigenvalue weighted by molar-refractivity contribution is -0.124. The van der Waals surface area contributed by atoms with Crippen molar-refractivity contribution in [3.05, 3.63) is 50.9 Å². The van der Waals surface area contributed by atoms with Gasteiger partial charge in [-0.3, -0.25) is 9.59 Å². The zero-order valence-corrected chi connectivity index (χ0v) is 17.2. The van der Waals surface area contributed by atoms with Crippen molar-refractivity contribution in [1.29, 1.82) is 5.26 Å². The van der Waals surface area contributed by atoms with Gasteiger partial charge in [0.15, 0.2) is 11.5 Å². The van der Waals surface area contributed by atoms with Gasteiger partial charge < -0.3 is 14.8 Å². The highest BCUT2D eigenvalue weighted by Gasteiger charge is 2.38. The maximum Gasteiger partial charge on any atom is 0.285 e. The molecule has 1 aliphatic heterocycles. The summed E-state index contributed by atoms with van der Waals surface area (Å²) in [4.78, 5) is 25.5. The predicted molar refractivity (Wildman–Crippen MR) is 108 cm³/mol. The SMILES string of the molecule is Cc1nn(CC(=O)NC2(c3ccc4c(c3)OCCO4)CCCC2)c(=O)c(C#N)c1C. The fourth-order valence-electron chi connectivity index (χ4n) is 4.26. The van der Waals surface area contributed by atoms with Crippen molar-refractivity contribution in [1.82, 2.24) is 15.1 Å². The first-order valence-electron chi connectivity index (χ1n) is 10.1. The molecule has 2 aromatic rings. The number of ether oxygens (including phenoxy) is 2. The second kappa shape index (κ2) is 7.82. The largest absolute Gasteiger partial charge is 0.486 e. The molecule has 0 unspecified atom stereocenters. The Morgan fingerprint density at radius 3 is 2.63 bits per heavy atom. The first-order valence-corrected chi connectivity index (χ1v) is 10.1. The van der Waals surface area contributed by atoms with Crippen molar-refractivity contribution in [2.75, 3.05) is 13.2 Å². The molecule has 1 aromatic carbocycles. The Hall–Kier alpha value is -3.34. The molecule has 1 aliphatic carbocycles. The summed E-state index contributed by atoms with van der Waals surface area (Å²) in [7, 11) is 0. The van der Waals surface area contributed by atoms with Crippen molar-refractivity contribution in [3.8, 4) is 17.6 Å². The van der Waals surface area contributed by atoms with Gasteiger partial charge in [-0.1, -0.05) is 18.9 Å². The molecule has 0 atom stereocenters. The highest BCUT2D eigenvalue weighted by atomic mass is 16.6. The summed E-state index contributed by atoms with van der Waals surface area (Å²) in [6, 6.07) is 7.71. The van der Waals surface area contributed by atoms with Gasteiger partial charge in [-0.05, 0) is 49.9 Å². The summed E-state index contributed by atoms with van der Waals surface area (Å²) >= 11 is 0. The lowest BCUT2D eigenvalue weighted by Crippen LogP contribution is -2.46. The highest BCUT2D eigenvalue weighted by molar-refractivity contribution is 5.77. The number of benzene rings is 1. The molecule has 0 bridgehead atoms. The van der Waals surface area contributed by atoms with E-state index in [2.05, 4.69) is 10.4 Å². The number of aromatic nitrogens is 2. The number of carbonyl (C=O) groups is 1. The molecular weight excluding hydrogens is 384 g/mol. The summed E-state index contributed by atoms with van der Waals surface area (Å²) in [5.41, 5.74) is 1.03. The van der Waals surface area contributed by atoms with Crippen LogP contribution in [0.2, 0.25) is 0 Å². The van der Waals surface area contributed by atoms with Gasteiger partial charge in [0, 0.05) is 0 Å². The second-order valence-electron chi connectivity index (χ2n) is 7.86. The predicted octanol–water partition coefficient (Wildman–Crippen LogP) is 2.09. The van der Waals surface area contributed by atoms with Crippen LogP contribution in [0.3, 0.4) is 0 Å². The Morgan fingerprint density at radius 2 is 1.93 bits per heavy atom. The number of nitrogens with one attached hydrogen (secondary N) is 1. The Kier molecular flexibility index (Phi) is 5.20. The van der Waals surface area contributed by atoms with Crippen LogP contribution in [0.1, 0.15) is 48.1 Å². The summed E-state index contributed by atoms with van der Waals surface area (Å²) in [5, 5.41) is 16.6. The smallest absolute Gasteiger partial charge is 0.285 e. The molecule has 0 radical (unpaired) electrons. The third-order valence-corrected chi connectivity index (χ3v) is 5.97. The van der Waals surface area contributed by atoms with E-state index < -0.39 is 11.1 Å². The normalized spacial score (nSPS) is 16.7. The number of fused-ring (bicyclic) bond motifs is 1. The van der Waals surface area contributed by atoms with Crippen molar-refractivity contribution >= 4 is 5.91 Å². The minimum atomic E-state index is -0.546. The summed E-state index contributed by atoms with van der Waals surface area (Å²) < 4.78 is 12.4. The summed E-state index contributed by atoms with van der Waals surface area (Å²) in [5.74, 6) is 1.08. The van der Waals surface area contributed by atoms with E-state index in [0.29, 0.717) is 36.0 Å². The molecule has 1 saturated carbocycles. The van der Waals surface area contributed by atoms with Crippen LogP contribution in [0.5, 0.6) is 11.5 Å². The molecule has 1 N–H and O–H groups in total. The van der Waals surface area contributed by atoms with Gasteiger partial charge in [0.2, 0.25) is 5.91 Å². The van der Waals surface area contributed by atoms with Crippen LogP contribution in [0, 0.1) is 25.2 Å². The molecule has 8 heteroatoms. The molecule has 0 saturated heterocycles. The monoisotopic (exact) mass is 408 g/mol. The minimum Gasteiger partial charge on any atom is -0.486 e. The molecule has 1 fully saturated rings. The van der Waals surface area contributed by atoms with Gasteiger partial charge in [0.25, 0.3) is 5.56 Å². The van der Waals surface area contributed by atoms with Crippen LogP contribution < -0.4 is 20.3 Å². The number of nitrogens with zero attached hydrogens (tertiary/aromatic N) is 3. The maximum atomic E-state index is 12.9. The molecular formula is C22H24N4O4. The molecule has 8 nitrogen and oxygen atoms in total. The highest BCUT2D eigenvalue weighted by Crippen LogP contribution is 2.42. The number of hydrogen-bond donors (Lipinski definition) is 1. The number of rotatable bonds is 4. The van der Waals surface area contributed by atoms with E-state index in [9.17, 15) is 14.9 Å². The van der Waals surface area contributed by atoms with E-state index in [1.165, 1.54) is 0 Å². The third-order valence-electron chi connectivity index (χ3n) is 5.97. The van der Waals surface area contributed by atoms with Crippen molar-refractivity contribution in [3.63, 3.8) is 0 Å². The summed E-state index contributed by atoms with van der Waals surface area (Å²) in [6.45, 7) is 4.19. The molecule has 2 heterocycles. The van der Waals surface area contributed by atoms with Crippen molar-refractivity contribution in [2.24, 2.45) is 0 Å². The number of hydrogen-bond acceptors (Lipinski definition) is 6. The zero-order valence-electron chi connectivity index (χ0n) is 17.2. The van der Waals surface area contributed by atoms with E-state index in [1.54, 1.807) is 13.8 Å². The van der Waals surface area contributed by atoms with Crippen LogP contribution in [-0.4, -0.2) is 28.9 Å². The quantitative estimate of drug-likeness (QED) is 0.830. The van der Waals surface area contributed by atoms with Crippen LogP contribution in [0.25, 0.3) is 0 Å². The molecule has 0 spiro atoms. The first kappa shape index (κ1) is 20.0. The number of carbonyl (C=O) groups excluding carboxylic acids is 1. The first-order chi connectivity index (χ1) is 14.4. The van der Waals surface area contributed by atoms with Gasteiger partial charge in [-0.15, -0.1) is 0 Å². The average molecular weight is 408 g/mol. The van der Waals surface area contributed by atoms with E-state index in [4.69, 9.17) is 9.47 Å². The van der Waals surface area contributed by atoms with Crippen LogP contribution >= 0.6 is 0 Å². The van der Waals surface area contributed by atoms with E-state index >= 15 is 0 Å². The average Bonchev–Trinajstić information content (AvgIpc) is 3.21. The van der Waals surface area contributed by atoms with Gasteiger partial charge in [-0.2, -0.15) is 10.4 Å². The molecule has 1 aromatic heterocycles. The fourth-order valence-corrected chi connectivity index (χ4v) is 4.26. The Labute approximate surface area is 174 Å². The third kappa shape index (κ3) is 3.52. The van der Waals surface area contributed by atoms with Crippen molar-refractivity contribution < 1.29 is 14.3 Å². The summed E-state index contributed by atoms with van der Waals surface area (Å²) in [6.07, 6.45) is 3.60. The topological polar surface area (TPSA) is 106 Å². The van der Waals surface area contributed by atoms with E-state index in [1.807, 2.05) is 24.3 Å². The number of nitriles is 1. The second-order valence-corrected chi connectivity index (χ2v) is 7.86. The van der Waals surface area contributed by atoms with Gasteiger partial charge in [0.05, 0.1) is 11.2 Å². The van der Waals surface area contributed by atoms with Crippen LogP contribution in [0.15, 0.2) is 23.0 Å². The zero-order chi connectivity index (χ0) is 21.3. The Morgan fingerprint density at radius 1 is 1.23 bits per heavy atom. The van der Waals surface area contributed by atoms with E-state index in [0.717, 1.165) is 35.9 Å². The Bertz CT molecular complexity index is 1090. The minimum absolute atomic E-state index is 0.0257. The maximum absolute atomic E-state index is 12.9. The lowest BCUT2D eigenvalue weighted by atomic mass is 9.87. The van der Waals surface area contributed by atoms with E-state index in [-0.39, 0.29) is 18.0 Å². The van der Waals surface area contributed by atoms with Gasteiger partial charge >= 0.3 is 0 Å². The molecule has 2 aliphatic rings. The number of aryl methyl sites for hydroxylation is 1. The molecule has 1 amide bonds. The van der Waals surface area contributed by atoms with Crippen LogP contribution in [0.4, 0.5) is 0 Å². The molecule has 4 rings (SSSR count). The lowest BCUT2D eigenvalue weighted by Gasteiger charge is -2.32. The van der Waals surface area contributed by atoms with Crippen LogP contribution in [-0.2, 0) is 16.9 Å². The van der Waals surface area contributed by atoms with Gasteiger partial charge in [0.1, 0.15) is 31.4 Å². The molecule has 156 valence electrons. The molecule has 30 heavy (non-hydrogen) atoms. The van der Waals surface area contributed by atoms with Gasteiger partial charge in [-0.25, -0.2) is 4.68 Å².